The minimum atomic E-state index is -0.541. The van der Waals surface area contributed by atoms with Crippen LogP contribution in [0.1, 0.15) is 22.9 Å². The second-order valence-electron chi connectivity index (χ2n) is 7.12. The van der Waals surface area contributed by atoms with Crippen LogP contribution in [0.25, 0.3) is 5.65 Å². The van der Waals surface area contributed by atoms with Crippen LogP contribution >= 0.6 is 0 Å². The third-order valence-electron chi connectivity index (χ3n) is 4.91. The van der Waals surface area contributed by atoms with E-state index in [1.807, 2.05) is 90.4 Å². The Balaban J connectivity index is 1.57. The van der Waals surface area contributed by atoms with Crippen molar-refractivity contribution in [3.05, 3.63) is 95.9 Å². The molecule has 0 radical (unpaired) electrons. The maximum atomic E-state index is 13.2. The lowest BCUT2D eigenvalue weighted by Gasteiger charge is -2.19. The Hall–Kier alpha value is -3.64. The van der Waals surface area contributed by atoms with Gasteiger partial charge in [-0.1, -0.05) is 42.5 Å². The van der Waals surface area contributed by atoms with E-state index in [9.17, 15) is 4.79 Å². The van der Waals surface area contributed by atoms with Gasteiger partial charge in [0.25, 0.3) is 0 Å². The molecular weight excluding hydrogens is 376 g/mol. The summed E-state index contributed by atoms with van der Waals surface area (Å²) in [6.07, 6.45) is 3.92. The van der Waals surface area contributed by atoms with E-state index in [0.29, 0.717) is 18.0 Å². The minimum absolute atomic E-state index is 0.158. The number of imidazole rings is 1. The summed E-state index contributed by atoms with van der Waals surface area (Å²) < 4.78 is 7.37. The molecule has 2 aromatic heterocycles. The molecule has 6 nitrogen and oxygen atoms in total. The number of hydrogen-bond donors (Lipinski definition) is 2. The fourth-order valence-electron chi connectivity index (χ4n) is 3.41. The number of aromatic nitrogens is 2. The zero-order valence-corrected chi connectivity index (χ0v) is 17.0. The smallest absolute Gasteiger partial charge is 0.246 e. The number of methoxy groups -OCH3 is 1. The highest BCUT2D eigenvalue weighted by Gasteiger charge is 2.22. The van der Waals surface area contributed by atoms with Crippen molar-refractivity contribution in [2.45, 2.75) is 19.5 Å². The molecule has 4 rings (SSSR count). The van der Waals surface area contributed by atoms with Crippen LogP contribution in [0.15, 0.2) is 79.1 Å². The number of ether oxygens (including phenoxy) is 1. The monoisotopic (exact) mass is 400 g/mol. The lowest BCUT2D eigenvalue weighted by molar-refractivity contribution is -0.118. The Morgan fingerprint density at radius 2 is 1.90 bits per heavy atom. The normalized spacial score (nSPS) is 11.9. The van der Waals surface area contributed by atoms with Gasteiger partial charge in [-0.25, -0.2) is 4.98 Å². The molecule has 0 aliphatic rings. The molecule has 0 unspecified atom stereocenters. The number of hydrogen-bond acceptors (Lipinski definition) is 4. The number of nitrogens with zero attached hydrogens (tertiary/aromatic N) is 2. The summed E-state index contributed by atoms with van der Waals surface area (Å²) in [7, 11) is 1.59. The number of rotatable bonds is 7. The standard InChI is InChI=1S/C24H24N4O2/c1-17-11-12-21(30-2)20(14-17)27-24(29)23(18-8-4-3-5-9-18)25-15-19-16-28-13-7-6-10-22(28)26-19/h3-14,16,23,25H,15H2,1-2H3,(H,27,29)/t23-/m0/s1. The summed E-state index contributed by atoms with van der Waals surface area (Å²) in [6.45, 7) is 2.44. The van der Waals surface area contributed by atoms with Gasteiger partial charge >= 0.3 is 0 Å². The Labute approximate surface area is 175 Å². The number of benzene rings is 2. The molecular formula is C24H24N4O2. The average Bonchev–Trinajstić information content (AvgIpc) is 3.18. The number of anilines is 1. The maximum absolute atomic E-state index is 13.2. The van der Waals surface area contributed by atoms with Gasteiger partial charge in [-0.2, -0.15) is 0 Å². The highest BCUT2D eigenvalue weighted by atomic mass is 16.5. The van der Waals surface area contributed by atoms with Crippen molar-refractivity contribution < 1.29 is 9.53 Å². The lowest BCUT2D eigenvalue weighted by Crippen LogP contribution is -2.33. The first-order valence-corrected chi connectivity index (χ1v) is 9.80. The van der Waals surface area contributed by atoms with Crippen molar-refractivity contribution >= 4 is 17.2 Å². The number of carbonyl (C=O) groups excluding carboxylic acids is 1. The zero-order valence-electron chi connectivity index (χ0n) is 17.0. The van der Waals surface area contributed by atoms with Gasteiger partial charge < -0.3 is 14.5 Å². The van der Waals surface area contributed by atoms with E-state index in [1.165, 1.54) is 0 Å². The van der Waals surface area contributed by atoms with Crippen molar-refractivity contribution in [2.24, 2.45) is 0 Å². The predicted octanol–water partition coefficient (Wildman–Crippen LogP) is 4.12. The molecule has 0 aliphatic heterocycles. The molecule has 0 saturated heterocycles. The van der Waals surface area contributed by atoms with E-state index in [1.54, 1.807) is 7.11 Å². The summed E-state index contributed by atoms with van der Waals surface area (Å²) in [6, 6.07) is 20.7. The third kappa shape index (κ3) is 4.34. The Bertz CT molecular complexity index is 1120. The van der Waals surface area contributed by atoms with Crippen molar-refractivity contribution in [1.82, 2.24) is 14.7 Å². The van der Waals surface area contributed by atoms with E-state index in [0.717, 1.165) is 22.5 Å². The molecule has 30 heavy (non-hydrogen) atoms. The molecule has 1 amide bonds. The summed E-state index contributed by atoms with van der Waals surface area (Å²) in [5, 5.41) is 6.37. The molecule has 2 aromatic carbocycles. The van der Waals surface area contributed by atoms with E-state index in [-0.39, 0.29) is 5.91 Å². The van der Waals surface area contributed by atoms with Gasteiger partial charge in [0, 0.05) is 18.9 Å². The van der Waals surface area contributed by atoms with Gasteiger partial charge in [-0.3, -0.25) is 10.1 Å². The maximum Gasteiger partial charge on any atom is 0.246 e. The van der Waals surface area contributed by atoms with Crippen LogP contribution in [0.3, 0.4) is 0 Å². The van der Waals surface area contributed by atoms with Gasteiger partial charge in [0.2, 0.25) is 5.91 Å². The molecule has 0 fully saturated rings. The fourth-order valence-corrected chi connectivity index (χ4v) is 3.41. The molecule has 4 aromatic rings. The first kappa shape index (κ1) is 19.7. The number of fused-ring (bicyclic) bond motifs is 1. The van der Waals surface area contributed by atoms with Crippen LogP contribution in [0.4, 0.5) is 5.69 Å². The Morgan fingerprint density at radius 3 is 2.67 bits per heavy atom. The fraction of sp³-hybridized carbons (Fsp3) is 0.167. The summed E-state index contributed by atoms with van der Waals surface area (Å²) >= 11 is 0. The number of aryl methyl sites for hydroxylation is 1. The molecule has 2 N–H and O–H groups in total. The van der Waals surface area contributed by atoms with E-state index >= 15 is 0 Å². The molecule has 2 heterocycles. The molecule has 0 bridgehead atoms. The van der Waals surface area contributed by atoms with Gasteiger partial charge in [-0.05, 0) is 42.3 Å². The Kier molecular flexibility index (Phi) is 5.77. The SMILES string of the molecule is COc1ccc(C)cc1NC(=O)[C@@H](NCc1cn2ccccc2n1)c1ccccc1. The zero-order chi connectivity index (χ0) is 20.9. The highest BCUT2D eigenvalue weighted by molar-refractivity contribution is 5.96. The molecule has 1 atom stereocenters. The second-order valence-corrected chi connectivity index (χ2v) is 7.12. The number of pyridine rings is 1. The van der Waals surface area contributed by atoms with Gasteiger partial charge in [0.05, 0.1) is 18.5 Å². The van der Waals surface area contributed by atoms with Crippen LogP contribution in [0.2, 0.25) is 0 Å². The average molecular weight is 400 g/mol. The van der Waals surface area contributed by atoms with E-state index < -0.39 is 6.04 Å². The van der Waals surface area contributed by atoms with Gasteiger partial charge in [0.15, 0.2) is 0 Å². The molecule has 0 spiro atoms. The largest absolute Gasteiger partial charge is 0.495 e. The summed E-state index contributed by atoms with van der Waals surface area (Å²) in [5.74, 6) is 0.468. The highest BCUT2D eigenvalue weighted by Crippen LogP contribution is 2.27. The molecule has 0 aliphatic carbocycles. The van der Waals surface area contributed by atoms with Crippen molar-refractivity contribution in [2.75, 3.05) is 12.4 Å². The topological polar surface area (TPSA) is 67.7 Å². The first-order chi connectivity index (χ1) is 14.6. The minimum Gasteiger partial charge on any atom is -0.495 e. The van der Waals surface area contributed by atoms with Crippen LogP contribution in [0, 0.1) is 6.92 Å². The van der Waals surface area contributed by atoms with Crippen LogP contribution < -0.4 is 15.4 Å². The van der Waals surface area contributed by atoms with Gasteiger partial charge in [-0.15, -0.1) is 0 Å². The van der Waals surface area contributed by atoms with Gasteiger partial charge in [0.1, 0.15) is 17.4 Å². The first-order valence-electron chi connectivity index (χ1n) is 9.80. The Morgan fingerprint density at radius 1 is 1.10 bits per heavy atom. The summed E-state index contributed by atoms with van der Waals surface area (Å²) in [4.78, 5) is 17.8. The second kappa shape index (κ2) is 8.80. The van der Waals surface area contributed by atoms with E-state index in [2.05, 4.69) is 15.6 Å². The molecule has 6 heteroatoms. The van der Waals surface area contributed by atoms with Crippen molar-refractivity contribution in [1.29, 1.82) is 0 Å². The number of amides is 1. The number of carbonyl (C=O) groups is 1. The lowest BCUT2D eigenvalue weighted by atomic mass is 10.1. The third-order valence-corrected chi connectivity index (χ3v) is 4.91. The summed E-state index contributed by atoms with van der Waals surface area (Å²) in [5.41, 5.74) is 4.31. The van der Waals surface area contributed by atoms with Crippen LogP contribution in [-0.2, 0) is 11.3 Å². The van der Waals surface area contributed by atoms with Crippen LogP contribution in [-0.4, -0.2) is 22.4 Å². The van der Waals surface area contributed by atoms with Crippen LogP contribution in [0.5, 0.6) is 5.75 Å². The number of nitrogens with one attached hydrogen (secondary N) is 2. The molecule has 0 saturated carbocycles. The predicted molar refractivity (Wildman–Crippen MR) is 118 cm³/mol. The van der Waals surface area contributed by atoms with Crippen molar-refractivity contribution in [3.63, 3.8) is 0 Å². The quantitative estimate of drug-likeness (QED) is 0.490. The van der Waals surface area contributed by atoms with E-state index in [4.69, 9.17) is 4.74 Å². The molecule has 152 valence electrons. The van der Waals surface area contributed by atoms with Crippen molar-refractivity contribution in [3.8, 4) is 5.75 Å².